The molecule has 0 aliphatic carbocycles. The average molecular weight is 248 g/mol. The number of carbonyl (C=O) groups excluding carboxylic acids is 1. The third-order valence-electron chi connectivity index (χ3n) is 3.51. The lowest BCUT2D eigenvalue weighted by atomic mass is 9.98. The van der Waals surface area contributed by atoms with Crippen LogP contribution in [0, 0.1) is 6.92 Å². The van der Waals surface area contributed by atoms with Crippen LogP contribution in [0.4, 0.5) is 0 Å². The molecule has 0 aliphatic heterocycles. The van der Waals surface area contributed by atoms with E-state index in [1.54, 1.807) is 6.92 Å². The number of carbonyl (C=O) groups is 1. The lowest BCUT2D eigenvalue weighted by Gasteiger charge is -2.30. The molecular formula is C15H24N2O. The Morgan fingerprint density at radius 1 is 1.33 bits per heavy atom. The van der Waals surface area contributed by atoms with Crippen molar-refractivity contribution in [1.82, 2.24) is 4.90 Å². The summed E-state index contributed by atoms with van der Waals surface area (Å²) in [6.45, 7) is 9.11. The minimum absolute atomic E-state index is 0.0238. The highest BCUT2D eigenvalue weighted by Gasteiger charge is 2.30. The van der Waals surface area contributed by atoms with Crippen LogP contribution in [0.15, 0.2) is 24.3 Å². The van der Waals surface area contributed by atoms with Crippen molar-refractivity contribution in [3.05, 3.63) is 35.4 Å². The van der Waals surface area contributed by atoms with Gasteiger partial charge in [-0.15, -0.1) is 0 Å². The van der Waals surface area contributed by atoms with Crippen LogP contribution >= 0.6 is 0 Å². The number of hydrogen-bond donors (Lipinski definition) is 1. The van der Waals surface area contributed by atoms with Gasteiger partial charge in [-0.1, -0.05) is 31.2 Å². The summed E-state index contributed by atoms with van der Waals surface area (Å²) in [6, 6.07) is 8.14. The molecule has 0 spiro atoms. The Bertz CT molecular complexity index is 413. The molecule has 18 heavy (non-hydrogen) atoms. The molecule has 0 saturated carbocycles. The van der Waals surface area contributed by atoms with Gasteiger partial charge in [0.15, 0.2) is 0 Å². The van der Waals surface area contributed by atoms with Crippen molar-refractivity contribution in [2.45, 2.75) is 46.2 Å². The van der Waals surface area contributed by atoms with Gasteiger partial charge in [-0.05, 0) is 38.3 Å². The van der Waals surface area contributed by atoms with E-state index in [0.29, 0.717) is 19.5 Å². The molecule has 1 unspecified atom stereocenters. The summed E-state index contributed by atoms with van der Waals surface area (Å²) in [7, 11) is 0. The molecule has 0 aromatic heterocycles. The Kier molecular flexibility index (Phi) is 4.91. The number of likely N-dealkylation sites (N-methyl/N-ethyl adjacent to an activating group) is 1. The van der Waals surface area contributed by atoms with Gasteiger partial charge in [-0.25, -0.2) is 0 Å². The lowest BCUT2D eigenvalue weighted by molar-refractivity contribution is -0.137. The summed E-state index contributed by atoms with van der Waals surface area (Å²) in [6.07, 6.45) is 0.649. The fraction of sp³-hybridized carbons (Fsp3) is 0.533. The lowest BCUT2D eigenvalue weighted by Crippen LogP contribution is -2.52. The minimum Gasteiger partial charge on any atom is -0.337 e. The summed E-state index contributed by atoms with van der Waals surface area (Å²) < 4.78 is 0. The van der Waals surface area contributed by atoms with Gasteiger partial charge in [-0.3, -0.25) is 4.79 Å². The third-order valence-corrected chi connectivity index (χ3v) is 3.51. The van der Waals surface area contributed by atoms with E-state index in [0.717, 1.165) is 0 Å². The molecule has 1 aromatic carbocycles. The number of rotatable bonds is 5. The van der Waals surface area contributed by atoms with Gasteiger partial charge in [0.1, 0.15) is 0 Å². The van der Waals surface area contributed by atoms with Crippen LogP contribution in [0.5, 0.6) is 0 Å². The summed E-state index contributed by atoms with van der Waals surface area (Å²) in [5.41, 5.74) is 7.66. The number of amides is 1. The second kappa shape index (κ2) is 6.01. The highest BCUT2D eigenvalue weighted by Crippen LogP contribution is 2.15. The van der Waals surface area contributed by atoms with Crippen LogP contribution in [0.2, 0.25) is 0 Å². The quantitative estimate of drug-likeness (QED) is 0.870. The average Bonchev–Trinajstić information content (AvgIpc) is 2.37. The van der Waals surface area contributed by atoms with Crippen molar-refractivity contribution in [1.29, 1.82) is 0 Å². The van der Waals surface area contributed by atoms with Gasteiger partial charge in [0, 0.05) is 13.1 Å². The first-order valence-electron chi connectivity index (χ1n) is 6.55. The van der Waals surface area contributed by atoms with Crippen LogP contribution < -0.4 is 5.73 Å². The molecule has 0 bridgehead atoms. The molecule has 3 nitrogen and oxygen atoms in total. The summed E-state index contributed by atoms with van der Waals surface area (Å²) in [5.74, 6) is 0.0238. The van der Waals surface area contributed by atoms with Crippen LogP contribution in [-0.4, -0.2) is 22.9 Å². The molecular weight excluding hydrogens is 224 g/mol. The second-order valence-electron chi connectivity index (χ2n) is 5.02. The van der Waals surface area contributed by atoms with Gasteiger partial charge in [-0.2, -0.15) is 0 Å². The third kappa shape index (κ3) is 3.33. The Labute approximate surface area is 110 Å². The number of hydrogen-bond acceptors (Lipinski definition) is 2. The van der Waals surface area contributed by atoms with Crippen molar-refractivity contribution >= 4 is 5.91 Å². The maximum absolute atomic E-state index is 12.3. The Balaban J connectivity index is 2.86. The molecule has 0 fully saturated rings. The molecule has 1 atom stereocenters. The highest BCUT2D eigenvalue weighted by atomic mass is 16.2. The number of nitrogens with zero attached hydrogens (tertiary/aromatic N) is 1. The molecule has 3 heteroatoms. The molecule has 0 heterocycles. The molecule has 1 amide bonds. The SMILES string of the molecule is CCN(Cc1ccccc1C)C(=O)C(C)(N)CC. The normalized spacial score (nSPS) is 14.1. The van der Waals surface area contributed by atoms with E-state index in [9.17, 15) is 4.79 Å². The van der Waals surface area contributed by atoms with Gasteiger partial charge >= 0.3 is 0 Å². The van der Waals surface area contributed by atoms with E-state index in [4.69, 9.17) is 5.73 Å². The standard InChI is InChI=1S/C15H24N2O/c1-5-15(4,16)14(18)17(6-2)11-13-10-8-7-9-12(13)3/h7-10H,5-6,11,16H2,1-4H3. The maximum atomic E-state index is 12.3. The van der Waals surface area contributed by atoms with Gasteiger partial charge in [0.05, 0.1) is 5.54 Å². The van der Waals surface area contributed by atoms with Crippen molar-refractivity contribution in [3.8, 4) is 0 Å². The number of benzene rings is 1. The molecule has 1 aromatic rings. The van der Waals surface area contributed by atoms with E-state index in [-0.39, 0.29) is 5.91 Å². The predicted octanol–water partition coefficient (Wildman–Crippen LogP) is 2.47. The summed E-state index contributed by atoms with van der Waals surface area (Å²) in [5, 5.41) is 0. The van der Waals surface area contributed by atoms with Gasteiger partial charge in [0.2, 0.25) is 5.91 Å². The fourth-order valence-corrected chi connectivity index (χ4v) is 1.83. The van der Waals surface area contributed by atoms with Crippen LogP contribution in [0.25, 0.3) is 0 Å². The zero-order chi connectivity index (χ0) is 13.8. The highest BCUT2D eigenvalue weighted by molar-refractivity contribution is 5.85. The van der Waals surface area contributed by atoms with Crippen molar-refractivity contribution in [2.24, 2.45) is 5.73 Å². The monoisotopic (exact) mass is 248 g/mol. The van der Waals surface area contributed by atoms with Gasteiger partial charge < -0.3 is 10.6 Å². The second-order valence-corrected chi connectivity index (χ2v) is 5.02. The zero-order valence-electron chi connectivity index (χ0n) is 11.9. The van der Waals surface area contributed by atoms with E-state index in [1.807, 2.05) is 30.9 Å². The Hall–Kier alpha value is -1.35. The topological polar surface area (TPSA) is 46.3 Å². The number of aryl methyl sites for hydroxylation is 1. The zero-order valence-corrected chi connectivity index (χ0v) is 11.9. The van der Waals surface area contributed by atoms with Crippen LogP contribution in [0.1, 0.15) is 38.3 Å². The van der Waals surface area contributed by atoms with Gasteiger partial charge in [0.25, 0.3) is 0 Å². The van der Waals surface area contributed by atoms with Crippen LogP contribution in [-0.2, 0) is 11.3 Å². The minimum atomic E-state index is -0.765. The predicted molar refractivity (Wildman–Crippen MR) is 75.2 cm³/mol. The molecule has 100 valence electrons. The first kappa shape index (κ1) is 14.7. The van der Waals surface area contributed by atoms with E-state index in [1.165, 1.54) is 11.1 Å². The molecule has 0 radical (unpaired) electrons. The van der Waals surface area contributed by atoms with Crippen molar-refractivity contribution < 1.29 is 4.79 Å². The molecule has 0 saturated heterocycles. The van der Waals surface area contributed by atoms with E-state index >= 15 is 0 Å². The van der Waals surface area contributed by atoms with E-state index < -0.39 is 5.54 Å². The van der Waals surface area contributed by atoms with Crippen LogP contribution in [0.3, 0.4) is 0 Å². The molecule has 1 rings (SSSR count). The Morgan fingerprint density at radius 2 is 1.94 bits per heavy atom. The number of nitrogens with two attached hydrogens (primary N) is 1. The summed E-state index contributed by atoms with van der Waals surface area (Å²) >= 11 is 0. The van der Waals surface area contributed by atoms with Crippen molar-refractivity contribution in [3.63, 3.8) is 0 Å². The fourth-order valence-electron chi connectivity index (χ4n) is 1.83. The first-order valence-corrected chi connectivity index (χ1v) is 6.55. The maximum Gasteiger partial charge on any atom is 0.242 e. The Morgan fingerprint density at radius 3 is 2.44 bits per heavy atom. The van der Waals surface area contributed by atoms with Crippen molar-refractivity contribution in [2.75, 3.05) is 6.54 Å². The smallest absolute Gasteiger partial charge is 0.242 e. The summed E-state index contributed by atoms with van der Waals surface area (Å²) in [4.78, 5) is 14.2. The largest absolute Gasteiger partial charge is 0.337 e. The molecule has 2 N–H and O–H groups in total. The first-order chi connectivity index (χ1) is 8.42. The van der Waals surface area contributed by atoms with E-state index in [2.05, 4.69) is 19.1 Å². The molecule has 0 aliphatic rings.